The summed E-state index contributed by atoms with van der Waals surface area (Å²) in [4.78, 5) is 14.8. The lowest BCUT2D eigenvalue weighted by molar-refractivity contribution is 0.101. The first kappa shape index (κ1) is 9.64. The minimum absolute atomic E-state index is 0.146. The Hall–Kier alpha value is -1.57. The number of fused-ring (bicyclic) bond motifs is 3. The van der Waals surface area contributed by atoms with E-state index in [0.717, 1.165) is 18.4 Å². The summed E-state index contributed by atoms with van der Waals surface area (Å²) in [7, 11) is 0. The minimum Gasteiger partial charge on any atom is -0.358 e. The number of carbonyl (C=O) groups is 1. The lowest BCUT2D eigenvalue weighted by Gasteiger charge is -2.10. The summed E-state index contributed by atoms with van der Waals surface area (Å²) in [6, 6.07) is 5.98. The Morgan fingerprint density at radius 3 is 2.88 bits per heavy atom. The number of carbonyl (C=O) groups excluding carboxylic acids is 1. The van der Waals surface area contributed by atoms with Crippen molar-refractivity contribution in [1.82, 2.24) is 4.98 Å². The molecule has 1 N–H and O–H groups in total. The molecule has 0 unspecified atom stereocenters. The van der Waals surface area contributed by atoms with Crippen molar-refractivity contribution in [3.8, 4) is 0 Å². The highest BCUT2D eigenvalue weighted by Gasteiger charge is 2.15. The molecule has 1 aromatic heterocycles. The molecule has 1 heterocycles. The molecule has 0 fully saturated rings. The second-order valence-electron chi connectivity index (χ2n) is 4.61. The first-order chi connectivity index (χ1) is 7.75. The number of Topliss-reactive ketones (excluding diaryl/α,β-unsaturated/α-hetero) is 1. The van der Waals surface area contributed by atoms with Gasteiger partial charge in [-0.3, -0.25) is 4.79 Å². The molecule has 0 atom stereocenters. The van der Waals surface area contributed by atoms with E-state index in [4.69, 9.17) is 0 Å². The van der Waals surface area contributed by atoms with Gasteiger partial charge in [-0.15, -0.1) is 0 Å². The molecule has 82 valence electrons. The predicted octanol–water partition coefficient (Wildman–Crippen LogP) is 3.25. The van der Waals surface area contributed by atoms with Crippen LogP contribution in [-0.4, -0.2) is 10.8 Å². The number of aromatic amines is 1. The number of aromatic nitrogens is 1. The molecule has 0 saturated carbocycles. The topological polar surface area (TPSA) is 32.9 Å². The van der Waals surface area contributed by atoms with Crippen molar-refractivity contribution in [3.63, 3.8) is 0 Å². The van der Waals surface area contributed by atoms with Gasteiger partial charge in [0.1, 0.15) is 0 Å². The van der Waals surface area contributed by atoms with E-state index < -0.39 is 0 Å². The standard InChI is InChI=1S/C14H15NO/c1-9(16)10-6-7-14-12(8-10)11-4-2-3-5-13(11)15-14/h6-8,15H,2-5H2,1H3. The SMILES string of the molecule is CC(=O)c1ccc2[nH]c3c(c2c1)CCCC3. The van der Waals surface area contributed by atoms with Crippen LogP contribution in [0.2, 0.25) is 0 Å². The summed E-state index contributed by atoms with van der Waals surface area (Å²) in [6.07, 6.45) is 4.85. The largest absolute Gasteiger partial charge is 0.358 e. The molecule has 1 aliphatic rings. The van der Waals surface area contributed by atoms with Crippen LogP contribution in [0.15, 0.2) is 18.2 Å². The highest BCUT2D eigenvalue weighted by molar-refractivity contribution is 5.99. The zero-order valence-corrected chi connectivity index (χ0v) is 9.47. The number of H-pyrrole nitrogens is 1. The van der Waals surface area contributed by atoms with Gasteiger partial charge in [-0.05, 0) is 56.4 Å². The summed E-state index contributed by atoms with van der Waals surface area (Å²) in [5.41, 5.74) is 4.81. The summed E-state index contributed by atoms with van der Waals surface area (Å²) in [5.74, 6) is 0.146. The lowest BCUT2D eigenvalue weighted by atomic mass is 9.95. The van der Waals surface area contributed by atoms with E-state index in [2.05, 4.69) is 4.98 Å². The van der Waals surface area contributed by atoms with E-state index in [1.54, 1.807) is 6.92 Å². The van der Waals surface area contributed by atoms with E-state index in [0.29, 0.717) is 0 Å². The van der Waals surface area contributed by atoms with Crippen LogP contribution in [0.3, 0.4) is 0 Å². The van der Waals surface area contributed by atoms with Crippen LogP contribution in [-0.2, 0) is 12.8 Å². The maximum atomic E-state index is 11.4. The van der Waals surface area contributed by atoms with Gasteiger partial charge in [-0.25, -0.2) is 0 Å². The van der Waals surface area contributed by atoms with Gasteiger partial charge < -0.3 is 4.98 Å². The number of aryl methyl sites for hydroxylation is 2. The Kier molecular flexibility index (Phi) is 2.10. The molecule has 16 heavy (non-hydrogen) atoms. The average Bonchev–Trinajstić information content (AvgIpc) is 2.66. The first-order valence-electron chi connectivity index (χ1n) is 5.90. The van der Waals surface area contributed by atoms with Gasteiger partial charge >= 0.3 is 0 Å². The molecule has 0 spiro atoms. The van der Waals surface area contributed by atoms with Crippen molar-refractivity contribution in [1.29, 1.82) is 0 Å². The Morgan fingerprint density at radius 2 is 2.06 bits per heavy atom. The number of benzene rings is 1. The third kappa shape index (κ3) is 1.37. The Balaban J connectivity index is 2.25. The van der Waals surface area contributed by atoms with Crippen molar-refractivity contribution in [2.24, 2.45) is 0 Å². The molecule has 0 radical (unpaired) electrons. The Labute approximate surface area is 94.7 Å². The van der Waals surface area contributed by atoms with E-state index >= 15 is 0 Å². The fraction of sp³-hybridized carbons (Fsp3) is 0.357. The summed E-state index contributed by atoms with van der Waals surface area (Å²) in [5, 5.41) is 1.25. The number of hydrogen-bond donors (Lipinski definition) is 1. The van der Waals surface area contributed by atoms with E-state index in [1.165, 1.54) is 35.0 Å². The van der Waals surface area contributed by atoms with Gasteiger partial charge in [0.2, 0.25) is 0 Å². The van der Waals surface area contributed by atoms with E-state index in [-0.39, 0.29) is 5.78 Å². The molecule has 1 aliphatic carbocycles. The molecule has 1 aromatic carbocycles. The zero-order valence-electron chi connectivity index (χ0n) is 9.47. The van der Waals surface area contributed by atoms with Gasteiger partial charge in [0.15, 0.2) is 5.78 Å². The minimum atomic E-state index is 0.146. The predicted molar refractivity (Wildman–Crippen MR) is 64.9 cm³/mol. The molecular formula is C14H15NO. The molecule has 2 nitrogen and oxygen atoms in total. The second kappa shape index (κ2) is 3.48. The van der Waals surface area contributed by atoms with Crippen molar-refractivity contribution < 1.29 is 4.79 Å². The van der Waals surface area contributed by atoms with Gasteiger partial charge in [0.25, 0.3) is 0 Å². The summed E-state index contributed by atoms with van der Waals surface area (Å²) < 4.78 is 0. The van der Waals surface area contributed by atoms with Crippen molar-refractivity contribution in [2.75, 3.05) is 0 Å². The maximum Gasteiger partial charge on any atom is 0.159 e. The molecular weight excluding hydrogens is 198 g/mol. The summed E-state index contributed by atoms with van der Waals surface area (Å²) in [6.45, 7) is 1.63. The van der Waals surface area contributed by atoms with Crippen LogP contribution >= 0.6 is 0 Å². The fourth-order valence-corrected chi connectivity index (χ4v) is 2.62. The number of ketones is 1. The van der Waals surface area contributed by atoms with Crippen LogP contribution in [0.5, 0.6) is 0 Å². The molecule has 2 aromatic rings. The van der Waals surface area contributed by atoms with Gasteiger partial charge in [-0.1, -0.05) is 0 Å². The lowest BCUT2D eigenvalue weighted by Crippen LogP contribution is -2.00. The van der Waals surface area contributed by atoms with E-state index in [9.17, 15) is 4.79 Å². The van der Waals surface area contributed by atoms with Crippen molar-refractivity contribution in [2.45, 2.75) is 32.6 Å². The van der Waals surface area contributed by atoms with Crippen LogP contribution in [0.25, 0.3) is 10.9 Å². The Bertz CT molecular complexity index is 565. The van der Waals surface area contributed by atoms with Gasteiger partial charge in [0, 0.05) is 22.2 Å². The summed E-state index contributed by atoms with van der Waals surface area (Å²) >= 11 is 0. The molecule has 2 heteroatoms. The Morgan fingerprint density at radius 1 is 1.25 bits per heavy atom. The number of rotatable bonds is 1. The average molecular weight is 213 g/mol. The van der Waals surface area contributed by atoms with Crippen LogP contribution in [0.4, 0.5) is 0 Å². The first-order valence-corrected chi connectivity index (χ1v) is 5.90. The van der Waals surface area contributed by atoms with Crippen LogP contribution < -0.4 is 0 Å². The normalized spacial score (nSPS) is 15.1. The molecule has 0 bridgehead atoms. The van der Waals surface area contributed by atoms with Crippen molar-refractivity contribution >= 4 is 16.7 Å². The quantitative estimate of drug-likeness (QED) is 0.725. The highest BCUT2D eigenvalue weighted by atomic mass is 16.1. The number of hydrogen-bond acceptors (Lipinski definition) is 1. The van der Waals surface area contributed by atoms with Gasteiger partial charge in [-0.2, -0.15) is 0 Å². The monoisotopic (exact) mass is 213 g/mol. The highest BCUT2D eigenvalue weighted by Crippen LogP contribution is 2.29. The van der Waals surface area contributed by atoms with Crippen LogP contribution in [0.1, 0.15) is 41.4 Å². The third-order valence-electron chi connectivity index (χ3n) is 3.50. The molecule has 0 aliphatic heterocycles. The van der Waals surface area contributed by atoms with Crippen LogP contribution in [0, 0.1) is 0 Å². The van der Waals surface area contributed by atoms with Gasteiger partial charge in [0.05, 0.1) is 0 Å². The van der Waals surface area contributed by atoms with Crippen molar-refractivity contribution in [3.05, 3.63) is 35.0 Å². The fourth-order valence-electron chi connectivity index (χ4n) is 2.62. The molecule has 3 rings (SSSR count). The smallest absolute Gasteiger partial charge is 0.159 e. The third-order valence-corrected chi connectivity index (χ3v) is 3.50. The molecule has 0 saturated heterocycles. The molecule has 0 amide bonds. The zero-order chi connectivity index (χ0) is 11.1. The number of nitrogens with one attached hydrogen (secondary N) is 1. The maximum absolute atomic E-state index is 11.4. The second-order valence-corrected chi connectivity index (χ2v) is 4.61. The van der Waals surface area contributed by atoms with E-state index in [1.807, 2.05) is 18.2 Å².